The molecule has 2 aromatic rings. The van der Waals surface area contributed by atoms with E-state index in [-0.39, 0.29) is 17.1 Å². The first-order valence-corrected chi connectivity index (χ1v) is 5.26. The minimum Gasteiger partial charge on any atom is -0.478 e. The molecule has 90 valence electrons. The first-order chi connectivity index (χ1) is 8.66. The fourth-order valence-corrected chi connectivity index (χ4v) is 1.41. The van der Waals surface area contributed by atoms with E-state index in [1.807, 2.05) is 0 Å². The Morgan fingerprint density at radius 3 is 2.39 bits per heavy atom. The Kier molecular flexibility index (Phi) is 3.38. The molecule has 0 amide bonds. The molecule has 0 aliphatic rings. The maximum atomic E-state index is 11.6. The second-order valence-corrected chi connectivity index (χ2v) is 3.60. The summed E-state index contributed by atoms with van der Waals surface area (Å²) in [6.07, 6.45) is 4.42. The average molecular weight is 242 g/mol. The molecule has 1 heterocycles. The highest BCUT2D eigenvalue weighted by molar-refractivity contribution is 6.04. The largest absolute Gasteiger partial charge is 0.478 e. The van der Waals surface area contributed by atoms with Crippen LogP contribution in [-0.2, 0) is 0 Å². The number of hydrogen-bond donors (Lipinski definition) is 1. The van der Waals surface area contributed by atoms with Gasteiger partial charge < -0.3 is 9.52 Å². The smallest absolute Gasteiger partial charge is 0.335 e. The zero-order valence-electron chi connectivity index (χ0n) is 9.37. The van der Waals surface area contributed by atoms with Crippen LogP contribution < -0.4 is 0 Å². The van der Waals surface area contributed by atoms with Crippen molar-refractivity contribution in [3.63, 3.8) is 0 Å². The van der Waals surface area contributed by atoms with Gasteiger partial charge >= 0.3 is 5.97 Å². The summed E-state index contributed by atoms with van der Waals surface area (Å²) in [5.74, 6) is -0.937. The summed E-state index contributed by atoms with van der Waals surface area (Å²) >= 11 is 0. The van der Waals surface area contributed by atoms with Crippen molar-refractivity contribution < 1.29 is 19.1 Å². The fourth-order valence-electron chi connectivity index (χ4n) is 1.41. The Morgan fingerprint density at radius 1 is 1.11 bits per heavy atom. The number of carboxylic acids is 1. The Bertz CT molecular complexity index is 577. The average Bonchev–Trinajstić information content (AvgIpc) is 2.90. The maximum Gasteiger partial charge on any atom is 0.335 e. The number of ketones is 1. The molecule has 0 bridgehead atoms. The summed E-state index contributed by atoms with van der Waals surface area (Å²) in [6.45, 7) is 0. The van der Waals surface area contributed by atoms with Crippen LogP contribution in [0.1, 0.15) is 26.5 Å². The van der Waals surface area contributed by atoms with Crippen LogP contribution >= 0.6 is 0 Å². The summed E-state index contributed by atoms with van der Waals surface area (Å²) in [7, 11) is 0. The minimum atomic E-state index is -0.975. The van der Waals surface area contributed by atoms with E-state index in [0.717, 1.165) is 5.56 Å². The van der Waals surface area contributed by atoms with Crippen molar-refractivity contribution in [1.29, 1.82) is 0 Å². The third kappa shape index (κ3) is 2.74. The molecule has 0 spiro atoms. The lowest BCUT2D eigenvalue weighted by molar-refractivity contribution is 0.0696. The van der Waals surface area contributed by atoms with Gasteiger partial charge in [-0.2, -0.15) is 0 Å². The molecule has 1 aromatic heterocycles. The summed E-state index contributed by atoms with van der Waals surface area (Å²) in [4.78, 5) is 22.2. The summed E-state index contributed by atoms with van der Waals surface area (Å²) in [6, 6.07) is 9.46. The predicted molar refractivity (Wildman–Crippen MR) is 65.5 cm³/mol. The van der Waals surface area contributed by atoms with Crippen LogP contribution in [-0.4, -0.2) is 16.9 Å². The first kappa shape index (κ1) is 11.9. The highest BCUT2D eigenvalue weighted by Gasteiger charge is 2.04. The molecule has 0 aliphatic heterocycles. The third-order valence-electron chi connectivity index (χ3n) is 2.35. The Morgan fingerprint density at radius 2 is 1.83 bits per heavy atom. The zero-order chi connectivity index (χ0) is 13.0. The molecule has 4 heteroatoms. The van der Waals surface area contributed by atoms with Crippen molar-refractivity contribution in [2.24, 2.45) is 0 Å². The molecule has 0 radical (unpaired) electrons. The number of carbonyl (C=O) groups is 2. The lowest BCUT2D eigenvalue weighted by Crippen LogP contribution is -1.95. The maximum absolute atomic E-state index is 11.6. The van der Waals surface area contributed by atoms with Gasteiger partial charge in [-0.15, -0.1) is 0 Å². The number of allylic oxidation sites excluding steroid dienone is 1. The third-order valence-corrected chi connectivity index (χ3v) is 2.35. The van der Waals surface area contributed by atoms with Crippen molar-refractivity contribution >= 4 is 17.8 Å². The Hall–Kier alpha value is -2.62. The molecule has 18 heavy (non-hydrogen) atoms. The van der Waals surface area contributed by atoms with Gasteiger partial charge in [0.2, 0.25) is 5.78 Å². The molecule has 0 saturated heterocycles. The molecule has 0 aliphatic carbocycles. The minimum absolute atomic E-state index is 0.213. The van der Waals surface area contributed by atoms with Gasteiger partial charge in [0.05, 0.1) is 11.8 Å². The summed E-state index contributed by atoms with van der Waals surface area (Å²) in [5, 5.41) is 8.73. The topological polar surface area (TPSA) is 67.5 Å². The van der Waals surface area contributed by atoms with Gasteiger partial charge in [0.25, 0.3) is 0 Å². The van der Waals surface area contributed by atoms with Gasteiger partial charge in [-0.05, 0) is 35.9 Å². The van der Waals surface area contributed by atoms with E-state index in [1.54, 1.807) is 30.3 Å². The van der Waals surface area contributed by atoms with Gasteiger partial charge in [-0.3, -0.25) is 4.79 Å². The molecule has 1 N–H and O–H groups in total. The van der Waals surface area contributed by atoms with Crippen LogP contribution in [0.15, 0.2) is 53.2 Å². The van der Waals surface area contributed by atoms with E-state index >= 15 is 0 Å². The van der Waals surface area contributed by atoms with Crippen LogP contribution in [0, 0.1) is 0 Å². The van der Waals surface area contributed by atoms with Crippen molar-refractivity contribution in [2.75, 3.05) is 0 Å². The van der Waals surface area contributed by atoms with E-state index in [2.05, 4.69) is 0 Å². The molecule has 1 aromatic carbocycles. The molecule has 0 saturated carbocycles. The molecule has 2 rings (SSSR count). The number of aromatic carboxylic acids is 1. The number of benzene rings is 1. The van der Waals surface area contributed by atoms with E-state index in [9.17, 15) is 9.59 Å². The van der Waals surface area contributed by atoms with E-state index in [4.69, 9.17) is 9.52 Å². The second-order valence-electron chi connectivity index (χ2n) is 3.60. The van der Waals surface area contributed by atoms with Crippen LogP contribution in [0.3, 0.4) is 0 Å². The number of furan rings is 1. The molecule has 0 fully saturated rings. The quantitative estimate of drug-likeness (QED) is 0.661. The number of hydrogen-bond acceptors (Lipinski definition) is 3. The highest BCUT2D eigenvalue weighted by atomic mass is 16.4. The van der Waals surface area contributed by atoms with Crippen LogP contribution in [0.5, 0.6) is 0 Å². The van der Waals surface area contributed by atoms with Crippen molar-refractivity contribution in [1.82, 2.24) is 0 Å². The lowest BCUT2D eigenvalue weighted by atomic mass is 10.1. The molecule has 0 atom stereocenters. The lowest BCUT2D eigenvalue weighted by Gasteiger charge is -1.95. The standard InChI is InChI=1S/C14H10O4/c15-12(13-2-1-9-18-13)8-5-10-3-6-11(7-4-10)14(16)17/h1-9H,(H,16,17)/b8-5+. The predicted octanol–water partition coefficient (Wildman–Crippen LogP) is 2.87. The molecular weight excluding hydrogens is 232 g/mol. The zero-order valence-corrected chi connectivity index (χ0v) is 9.37. The Labute approximate surface area is 103 Å². The first-order valence-electron chi connectivity index (χ1n) is 5.26. The normalized spacial score (nSPS) is 10.7. The van der Waals surface area contributed by atoms with Gasteiger partial charge in [-0.1, -0.05) is 18.2 Å². The SMILES string of the molecule is O=C(O)c1ccc(/C=C/C(=O)c2ccco2)cc1. The molecule has 0 unspecified atom stereocenters. The van der Waals surface area contributed by atoms with Crippen LogP contribution in [0.25, 0.3) is 6.08 Å². The monoisotopic (exact) mass is 242 g/mol. The van der Waals surface area contributed by atoms with E-state index < -0.39 is 5.97 Å². The second kappa shape index (κ2) is 5.14. The number of rotatable bonds is 4. The molecule has 4 nitrogen and oxygen atoms in total. The fraction of sp³-hybridized carbons (Fsp3) is 0. The van der Waals surface area contributed by atoms with Gasteiger partial charge in [-0.25, -0.2) is 4.79 Å². The number of carboxylic acid groups (broad SMARTS) is 1. The van der Waals surface area contributed by atoms with Crippen molar-refractivity contribution in [3.8, 4) is 0 Å². The van der Waals surface area contributed by atoms with Gasteiger partial charge in [0.1, 0.15) is 0 Å². The van der Waals surface area contributed by atoms with Crippen molar-refractivity contribution in [2.45, 2.75) is 0 Å². The summed E-state index contributed by atoms with van der Waals surface area (Å²) in [5.41, 5.74) is 0.962. The van der Waals surface area contributed by atoms with Gasteiger partial charge in [0.15, 0.2) is 5.76 Å². The summed E-state index contributed by atoms with van der Waals surface area (Å²) < 4.78 is 4.96. The van der Waals surface area contributed by atoms with Crippen LogP contribution in [0.2, 0.25) is 0 Å². The molecular formula is C14H10O4. The van der Waals surface area contributed by atoms with E-state index in [1.165, 1.54) is 24.5 Å². The highest BCUT2D eigenvalue weighted by Crippen LogP contribution is 2.08. The van der Waals surface area contributed by atoms with E-state index in [0.29, 0.717) is 0 Å². The number of carbonyl (C=O) groups excluding carboxylic acids is 1. The van der Waals surface area contributed by atoms with Crippen LogP contribution in [0.4, 0.5) is 0 Å². The van der Waals surface area contributed by atoms with Crippen molar-refractivity contribution in [3.05, 3.63) is 65.6 Å². The Balaban J connectivity index is 2.09. The van der Waals surface area contributed by atoms with Gasteiger partial charge in [0, 0.05) is 0 Å².